The van der Waals surface area contributed by atoms with Crippen molar-refractivity contribution in [3.63, 3.8) is 0 Å². The van der Waals surface area contributed by atoms with Gasteiger partial charge in [0.05, 0.1) is 5.69 Å². The monoisotopic (exact) mass is 243 g/mol. The van der Waals surface area contributed by atoms with E-state index in [1.165, 1.54) is 15.9 Å². The van der Waals surface area contributed by atoms with Gasteiger partial charge in [-0.25, -0.2) is 0 Å². The third-order valence-corrected chi connectivity index (χ3v) is 3.20. The second-order valence-corrected chi connectivity index (χ2v) is 4.43. The van der Waals surface area contributed by atoms with Crippen molar-refractivity contribution in [2.45, 2.75) is 32.9 Å². The first-order valence-corrected chi connectivity index (χ1v) is 5.46. The first-order valence-electron chi connectivity index (χ1n) is 4.66. The minimum absolute atomic E-state index is 0.431. The molecule has 0 bridgehead atoms. The predicted octanol–water partition coefficient (Wildman–Crippen LogP) is 1.87. The van der Waals surface area contributed by atoms with Crippen molar-refractivity contribution >= 4 is 15.9 Å². The maximum absolute atomic E-state index is 4.56. The molecule has 72 valence electrons. The maximum atomic E-state index is 4.56. The van der Waals surface area contributed by atoms with Crippen LogP contribution in [0.1, 0.15) is 31.1 Å². The standard InChI is InChI=1S/C9H14BrN3/c1-6(2)13-9(10)7-3-4-11-5-8(7)12-13/h6,11H,3-5H2,1-2H3. The second kappa shape index (κ2) is 3.42. The molecule has 0 saturated heterocycles. The van der Waals surface area contributed by atoms with Crippen molar-refractivity contribution in [3.05, 3.63) is 15.9 Å². The van der Waals surface area contributed by atoms with Gasteiger partial charge in [-0.3, -0.25) is 4.68 Å². The van der Waals surface area contributed by atoms with Crippen LogP contribution >= 0.6 is 15.9 Å². The van der Waals surface area contributed by atoms with Crippen LogP contribution in [0.25, 0.3) is 0 Å². The normalized spacial score (nSPS) is 16.3. The molecule has 1 aliphatic rings. The highest BCUT2D eigenvalue weighted by molar-refractivity contribution is 9.10. The summed E-state index contributed by atoms with van der Waals surface area (Å²) in [4.78, 5) is 0. The molecule has 2 rings (SSSR count). The smallest absolute Gasteiger partial charge is 0.107 e. The summed E-state index contributed by atoms with van der Waals surface area (Å²) < 4.78 is 3.22. The van der Waals surface area contributed by atoms with E-state index in [9.17, 15) is 0 Å². The molecule has 2 heterocycles. The summed E-state index contributed by atoms with van der Waals surface area (Å²) in [5.41, 5.74) is 2.58. The van der Waals surface area contributed by atoms with Gasteiger partial charge < -0.3 is 5.32 Å². The molecule has 13 heavy (non-hydrogen) atoms. The van der Waals surface area contributed by atoms with Gasteiger partial charge in [0.15, 0.2) is 0 Å². The highest BCUT2D eigenvalue weighted by Gasteiger charge is 2.19. The van der Waals surface area contributed by atoms with Crippen molar-refractivity contribution in [1.29, 1.82) is 0 Å². The summed E-state index contributed by atoms with van der Waals surface area (Å²) in [7, 11) is 0. The summed E-state index contributed by atoms with van der Waals surface area (Å²) >= 11 is 3.61. The Balaban J connectivity index is 2.44. The fourth-order valence-electron chi connectivity index (χ4n) is 1.64. The zero-order valence-electron chi connectivity index (χ0n) is 7.97. The third-order valence-electron chi connectivity index (χ3n) is 2.36. The number of hydrogen-bond donors (Lipinski definition) is 1. The van der Waals surface area contributed by atoms with Crippen LogP contribution in [0, 0.1) is 0 Å². The van der Waals surface area contributed by atoms with Crippen molar-refractivity contribution in [3.8, 4) is 0 Å². The first-order chi connectivity index (χ1) is 6.20. The van der Waals surface area contributed by atoms with Gasteiger partial charge in [0, 0.05) is 18.2 Å². The number of nitrogens with one attached hydrogen (secondary N) is 1. The van der Waals surface area contributed by atoms with E-state index in [0.29, 0.717) is 6.04 Å². The predicted molar refractivity (Wildman–Crippen MR) is 55.7 cm³/mol. The number of hydrogen-bond acceptors (Lipinski definition) is 2. The number of fused-ring (bicyclic) bond motifs is 1. The lowest BCUT2D eigenvalue weighted by Crippen LogP contribution is -2.23. The Hall–Kier alpha value is -0.350. The summed E-state index contributed by atoms with van der Waals surface area (Å²) in [6.07, 6.45) is 1.09. The molecule has 4 heteroatoms. The van der Waals surface area contributed by atoms with Gasteiger partial charge in [-0.2, -0.15) is 5.10 Å². The average Bonchev–Trinajstić information content (AvgIpc) is 2.45. The zero-order valence-corrected chi connectivity index (χ0v) is 9.56. The molecule has 0 saturated carbocycles. The minimum atomic E-state index is 0.431. The van der Waals surface area contributed by atoms with Gasteiger partial charge in [0.1, 0.15) is 4.60 Å². The number of aromatic nitrogens is 2. The van der Waals surface area contributed by atoms with E-state index in [2.05, 4.69) is 44.9 Å². The van der Waals surface area contributed by atoms with Gasteiger partial charge >= 0.3 is 0 Å². The van der Waals surface area contributed by atoms with E-state index in [1.54, 1.807) is 0 Å². The van der Waals surface area contributed by atoms with Crippen LogP contribution in [0.4, 0.5) is 0 Å². The molecule has 0 atom stereocenters. The van der Waals surface area contributed by atoms with E-state index in [4.69, 9.17) is 0 Å². The molecule has 0 aliphatic carbocycles. The molecular weight excluding hydrogens is 230 g/mol. The molecular formula is C9H14BrN3. The highest BCUT2D eigenvalue weighted by atomic mass is 79.9. The Labute approximate surface area is 86.6 Å². The van der Waals surface area contributed by atoms with Crippen molar-refractivity contribution in [2.24, 2.45) is 0 Å². The van der Waals surface area contributed by atoms with E-state index >= 15 is 0 Å². The van der Waals surface area contributed by atoms with Gasteiger partial charge in [0.25, 0.3) is 0 Å². The van der Waals surface area contributed by atoms with E-state index < -0.39 is 0 Å². The largest absolute Gasteiger partial charge is 0.311 e. The van der Waals surface area contributed by atoms with Crippen molar-refractivity contribution in [2.75, 3.05) is 6.54 Å². The van der Waals surface area contributed by atoms with Gasteiger partial charge in [-0.05, 0) is 42.7 Å². The molecule has 0 radical (unpaired) electrons. The molecule has 0 unspecified atom stereocenters. The minimum Gasteiger partial charge on any atom is -0.311 e. The van der Waals surface area contributed by atoms with Crippen LogP contribution in [0.3, 0.4) is 0 Å². The lowest BCUT2D eigenvalue weighted by atomic mass is 10.1. The molecule has 0 spiro atoms. The van der Waals surface area contributed by atoms with E-state index in [-0.39, 0.29) is 0 Å². The van der Waals surface area contributed by atoms with Crippen LogP contribution in [0.2, 0.25) is 0 Å². The molecule has 0 aromatic carbocycles. The Kier molecular flexibility index (Phi) is 2.43. The molecule has 1 aliphatic heterocycles. The van der Waals surface area contributed by atoms with Crippen LogP contribution < -0.4 is 5.32 Å². The van der Waals surface area contributed by atoms with E-state index in [1.807, 2.05) is 0 Å². The zero-order chi connectivity index (χ0) is 9.42. The lowest BCUT2D eigenvalue weighted by molar-refractivity contribution is 0.514. The van der Waals surface area contributed by atoms with Crippen molar-refractivity contribution in [1.82, 2.24) is 15.1 Å². The van der Waals surface area contributed by atoms with E-state index in [0.717, 1.165) is 19.5 Å². The second-order valence-electron chi connectivity index (χ2n) is 3.68. The van der Waals surface area contributed by atoms with Crippen LogP contribution in [-0.4, -0.2) is 16.3 Å². The van der Waals surface area contributed by atoms with Crippen LogP contribution in [0.15, 0.2) is 4.60 Å². The highest BCUT2D eigenvalue weighted by Crippen LogP contribution is 2.25. The Bertz CT molecular complexity index is 317. The number of nitrogens with zero attached hydrogens (tertiary/aromatic N) is 2. The molecule has 3 nitrogen and oxygen atoms in total. The SMILES string of the molecule is CC(C)n1nc2c(c1Br)CCNC2. The van der Waals surface area contributed by atoms with Gasteiger partial charge in [-0.1, -0.05) is 0 Å². The summed E-state index contributed by atoms with van der Waals surface area (Å²) in [5.74, 6) is 0. The van der Waals surface area contributed by atoms with Gasteiger partial charge in [0.2, 0.25) is 0 Å². The van der Waals surface area contributed by atoms with Crippen LogP contribution in [0.5, 0.6) is 0 Å². The average molecular weight is 244 g/mol. The quantitative estimate of drug-likeness (QED) is 0.817. The fraction of sp³-hybridized carbons (Fsp3) is 0.667. The summed E-state index contributed by atoms with van der Waals surface area (Å²) in [6, 6.07) is 0.431. The maximum Gasteiger partial charge on any atom is 0.107 e. The topological polar surface area (TPSA) is 29.9 Å². The Morgan fingerprint density at radius 2 is 2.31 bits per heavy atom. The number of rotatable bonds is 1. The molecule has 1 aromatic heterocycles. The first kappa shape index (κ1) is 9.21. The summed E-state index contributed by atoms with van der Waals surface area (Å²) in [6.45, 7) is 6.27. The van der Waals surface area contributed by atoms with Crippen molar-refractivity contribution < 1.29 is 0 Å². The lowest BCUT2D eigenvalue weighted by Gasteiger charge is -2.10. The Morgan fingerprint density at radius 1 is 1.54 bits per heavy atom. The third kappa shape index (κ3) is 1.53. The fourth-order valence-corrected chi connectivity index (χ4v) is 2.56. The molecule has 1 aromatic rings. The van der Waals surface area contributed by atoms with Gasteiger partial charge in [-0.15, -0.1) is 0 Å². The molecule has 1 N–H and O–H groups in total. The molecule has 0 amide bonds. The Morgan fingerprint density at radius 3 is 2.92 bits per heavy atom. The summed E-state index contributed by atoms with van der Waals surface area (Å²) in [5, 5.41) is 7.88. The number of halogens is 1. The molecule has 0 fully saturated rings. The van der Waals surface area contributed by atoms with Crippen LogP contribution in [-0.2, 0) is 13.0 Å².